The highest BCUT2D eigenvalue weighted by molar-refractivity contribution is 6.33. The van der Waals surface area contributed by atoms with Crippen LogP contribution in [0.1, 0.15) is 11.4 Å². The summed E-state index contributed by atoms with van der Waals surface area (Å²) in [7, 11) is 1.92. The average Bonchev–Trinajstić information content (AvgIpc) is 2.47. The molecule has 14 heavy (non-hydrogen) atoms. The summed E-state index contributed by atoms with van der Waals surface area (Å²) < 4.78 is 2.02. The van der Waals surface area contributed by atoms with Gasteiger partial charge in [-0.2, -0.15) is 0 Å². The monoisotopic (exact) mass is 209 g/mol. The minimum Gasteiger partial charge on any atom is -0.314 e. The molecule has 0 aliphatic carbocycles. The number of aromatic nitrogens is 2. The lowest BCUT2D eigenvalue weighted by Gasteiger charge is -2.01. The summed E-state index contributed by atoms with van der Waals surface area (Å²) in [6, 6.07) is 3.78. The molecule has 0 spiro atoms. The van der Waals surface area contributed by atoms with Gasteiger partial charge in [0.1, 0.15) is 0 Å². The van der Waals surface area contributed by atoms with Crippen molar-refractivity contribution in [1.29, 1.82) is 0 Å². The smallest absolute Gasteiger partial charge is 0.156 e. The molecule has 4 heteroatoms. The second kappa shape index (κ2) is 3.59. The van der Waals surface area contributed by atoms with E-state index in [-0.39, 0.29) is 0 Å². The van der Waals surface area contributed by atoms with E-state index in [2.05, 4.69) is 10.3 Å². The van der Waals surface area contributed by atoms with Crippen molar-refractivity contribution in [2.45, 2.75) is 13.5 Å². The van der Waals surface area contributed by atoms with Gasteiger partial charge in [-0.3, -0.25) is 0 Å². The molecule has 2 rings (SSSR count). The molecule has 0 unspecified atom stereocenters. The zero-order valence-corrected chi connectivity index (χ0v) is 8.97. The minimum absolute atomic E-state index is 0.693. The highest BCUT2D eigenvalue weighted by Crippen LogP contribution is 2.19. The van der Waals surface area contributed by atoms with Crippen LogP contribution in [0, 0.1) is 6.92 Å². The maximum absolute atomic E-state index is 6.04. The Balaban J connectivity index is 2.70. The third-order valence-electron chi connectivity index (χ3n) is 2.25. The van der Waals surface area contributed by atoms with Crippen molar-refractivity contribution in [2.75, 3.05) is 7.05 Å². The maximum Gasteiger partial charge on any atom is 0.156 e. The Kier molecular flexibility index (Phi) is 2.44. The second-order valence-electron chi connectivity index (χ2n) is 3.22. The van der Waals surface area contributed by atoms with Crippen LogP contribution in [0.5, 0.6) is 0 Å². The first-order valence-electron chi connectivity index (χ1n) is 4.50. The SMILES string of the molecule is CNCc1c(C)nc2c(Cl)cccn12. The standard InChI is InChI=1S/C10H12ClN3/c1-7-9(6-12-2)14-5-3-4-8(11)10(14)13-7/h3-5,12H,6H2,1-2H3. The first kappa shape index (κ1) is 9.49. The van der Waals surface area contributed by atoms with E-state index >= 15 is 0 Å². The lowest BCUT2D eigenvalue weighted by atomic mass is 10.3. The number of imidazole rings is 1. The normalized spacial score (nSPS) is 11.1. The molecule has 0 saturated heterocycles. The van der Waals surface area contributed by atoms with Crippen molar-refractivity contribution in [3.63, 3.8) is 0 Å². The molecule has 2 aromatic heterocycles. The number of fused-ring (bicyclic) bond motifs is 1. The van der Waals surface area contributed by atoms with Crippen molar-refractivity contribution in [3.8, 4) is 0 Å². The quantitative estimate of drug-likeness (QED) is 0.820. The Labute approximate surface area is 87.7 Å². The fourth-order valence-electron chi connectivity index (χ4n) is 1.58. The predicted octanol–water partition coefficient (Wildman–Crippen LogP) is 2.02. The summed E-state index contributed by atoms with van der Waals surface area (Å²) in [5, 5.41) is 3.81. The minimum atomic E-state index is 0.693. The molecule has 74 valence electrons. The number of nitrogens with one attached hydrogen (secondary N) is 1. The van der Waals surface area contributed by atoms with Gasteiger partial charge in [0, 0.05) is 12.7 Å². The largest absolute Gasteiger partial charge is 0.314 e. The van der Waals surface area contributed by atoms with Crippen LogP contribution in [0.3, 0.4) is 0 Å². The third kappa shape index (κ3) is 1.38. The van der Waals surface area contributed by atoms with Crippen LogP contribution in [0.15, 0.2) is 18.3 Å². The zero-order chi connectivity index (χ0) is 10.1. The van der Waals surface area contributed by atoms with Gasteiger partial charge < -0.3 is 9.72 Å². The second-order valence-corrected chi connectivity index (χ2v) is 3.63. The molecule has 0 bridgehead atoms. The number of rotatable bonds is 2. The molecule has 0 atom stereocenters. The van der Waals surface area contributed by atoms with E-state index in [0.717, 1.165) is 23.6 Å². The predicted molar refractivity (Wildman–Crippen MR) is 57.7 cm³/mol. The number of nitrogens with zero attached hydrogens (tertiary/aromatic N) is 2. The van der Waals surface area contributed by atoms with Crippen molar-refractivity contribution in [2.24, 2.45) is 0 Å². The third-order valence-corrected chi connectivity index (χ3v) is 2.54. The summed E-state index contributed by atoms with van der Waals surface area (Å²) in [5.74, 6) is 0. The first-order chi connectivity index (χ1) is 6.74. The Hall–Kier alpha value is -1.06. The Morgan fingerprint density at radius 3 is 3.07 bits per heavy atom. The fourth-order valence-corrected chi connectivity index (χ4v) is 1.78. The molecule has 0 aromatic carbocycles. The van der Waals surface area contributed by atoms with Crippen LogP contribution in [-0.4, -0.2) is 16.4 Å². The Morgan fingerprint density at radius 1 is 1.57 bits per heavy atom. The van der Waals surface area contributed by atoms with Crippen LogP contribution >= 0.6 is 11.6 Å². The van der Waals surface area contributed by atoms with E-state index in [9.17, 15) is 0 Å². The summed E-state index contributed by atoms with van der Waals surface area (Å²) in [4.78, 5) is 4.42. The molecule has 0 aliphatic rings. The summed E-state index contributed by atoms with van der Waals surface area (Å²) in [6.45, 7) is 2.79. The maximum atomic E-state index is 6.04. The van der Waals surface area contributed by atoms with E-state index in [1.54, 1.807) is 0 Å². The molecule has 3 nitrogen and oxygen atoms in total. The van der Waals surface area contributed by atoms with E-state index in [1.807, 2.05) is 36.7 Å². The van der Waals surface area contributed by atoms with Crippen molar-refractivity contribution < 1.29 is 0 Å². The van der Waals surface area contributed by atoms with Crippen molar-refractivity contribution >= 4 is 17.2 Å². The van der Waals surface area contributed by atoms with Gasteiger partial charge in [-0.15, -0.1) is 0 Å². The van der Waals surface area contributed by atoms with Gasteiger partial charge in [0.15, 0.2) is 5.65 Å². The molecule has 0 amide bonds. The lowest BCUT2D eigenvalue weighted by molar-refractivity contribution is 0.775. The van der Waals surface area contributed by atoms with Crippen LogP contribution in [0.4, 0.5) is 0 Å². The molecule has 0 radical (unpaired) electrons. The van der Waals surface area contributed by atoms with Gasteiger partial charge in [-0.1, -0.05) is 11.6 Å². The Bertz CT molecular complexity index is 462. The average molecular weight is 210 g/mol. The zero-order valence-electron chi connectivity index (χ0n) is 8.21. The molecule has 1 N–H and O–H groups in total. The van der Waals surface area contributed by atoms with Gasteiger partial charge in [-0.25, -0.2) is 4.98 Å². The van der Waals surface area contributed by atoms with E-state index in [1.165, 1.54) is 0 Å². The van der Waals surface area contributed by atoms with Gasteiger partial charge in [0.05, 0.1) is 16.4 Å². The molecular weight excluding hydrogens is 198 g/mol. The fraction of sp³-hybridized carbons (Fsp3) is 0.300. The number of hydrogen-bond acceptors (Lipinski definition) is 2. The number of hydrogen-bond donors (Lipinski definition) is 1. The molecule has 0 saturated carbocycles. The van der Waals surface area contributed by atoms with Gasteiger partial charge in [0.2, 0.25) is 0 Å². The van der Waals surface area contributed by atoms with Gasteiger partial charge in [0.25, 0.3) is 0 Å². The highest BCUT2D eigenvalue weighted by atomic mass is 35.5. The molecule has 0 fully saturated rings. The summed E-state index contributed by atoms with van der Waals surface area (Å²) in [5.41, 5.74) is 3.01. The van der Waals surface area contributed by atoms with E-state index in [4.69, 9.17) is 11.6 Å². The van der Waals surface area contributed by atoms with E-state index < -0.39 is 0 Å². The van der Waals surface area contributed by atoms with Gasteiger partial charge >= 0.3 is 0 Å². The molecule has 2 heterocycles. The number of pyridine rings is 1. The summed E-state index contributed by atoms with van der Waals surface area (Å²) in [6.07, 6.45) is 1.98. The van der Waals surface area contributed by atoms with Crippen LogP contribution < -0.4 is 5.32 Å². The number of halogens is 1. The van der Waals surface area contributed by atoms with Crippen molar-refractivity contribution in [3.05, 3.63) is 34.7 Å². The molecule has 2 aromatic rings. The van der Waals surface area contributed by atoms with Crippen LogP contribution in [0.25, 0.3) is 5.65 Å². The lowest BCUT2D eigenvalue weighted by Crippen LogP contribution is -2.08. The Morgan fingerprint density at radius 2 is 2.36 bits per heavy atom. The highest BCUT2D eigenvalue weighted by Gasteiger charge is 2.09. The van der Waals surface area contributed by atoms with Gasteiger partial charge in [-0.05, 0) is 26.1 Å². The molecule has 0 aliphatic heterocycles. The first-order valence-corrected chi connectivity index (χ1v) is 4.88. The van der Waals surface area contributed by atoms with Crippen LogP contribution in [0.2, 0.25) is 5.02 Å². The topological polar surface area (TPSA) is 29.3 Å². The van der Waals surface area contributed by atoms with E-state index in [0.29, 0.717) is 5.02 Å². The van der Waals surface area contributed by atoms with Crippen molar-refractivity contribution in [1.82, 2.24) is 14.7 Å². The number of aryl methyl sites for hydroxylation is 1. The molecular formula is C10H12ClN3. The van der Waals surface area contributed by atoms with Crippen LogP contribution in [-0.2, 0) is 6.54 Å². The summed E-state index contributed by atoms with van der Waals surface area (Å²) >= 11 is 6.04.